The lowest BCUT2D eigenvalue weighted by Crippen LogP contribution is -2.31. The third-order valence-corrected chi connectivity index (χ3v) is 4.81. The van der Waals surface area contributed by atoms with Crippen LogP contribution in [0.4, 0.5) is 5.69 Å². The van der Waals surface area contributed by atoms with E-state index in [1.165, 1.54) is 18.3 Å². The molecule has 0 N–H and O–H groups in total. The number of carboxylic acids is 1. The molecule has 1 aromatic heterocycles. The zero-order valence-electron chi connectivity index (χ0n) is 12.8. The van der Waals surface area contributed by atoms with Crippen LogP contribution in [0.2, 0.25) is 0 Å². The Labute approximate surface area is 142 Å². The number of amides is 2. The number of aryl methyl sites for hydroxylation is 1. The van der Waals surface area contributed by atoms with Crippen LogP contribution in [0.25, 0.3) is 0 Å². The van der Waals surface area contributed by atoms with Gasteiger partial charge in [-0.05, 0) is 36.8 Å². The highest BCUT2D eigenvalue weighted by Gasteiger charge is 2.40. The van der Waals surface area contributed by atoms with Crippen LogP contribution in [0.15, 0.2) is 47.6 Å². The standard InChI is InChI=1S/C17H14N2O4S/c1-10-4-2-5-11(8-10)19-14(20)9-13(16(19)21)24-15-12(17(22)23)6-3-7-18-15/h2-8,13H,9H2,1H3,(H,22,23)/p-1/t13-/m1/s1. The first kappa shape index (κ1) is 16.2. The van der Waals surface area contributed by atoms with E-state index in [9.17, 15) is 19.5 Å². The Hall–Kier alpha value is -2.67. The zero-order valence-corrected chi connectivity index (χ0v) is 13.6. The Morgan fingerprint density at radius 2 is 2.08 bits per heavy atom. The molecule has 0 aliphatic carbocycles. The molecule has 1 aliphatic rings. The SMILES string of the molecule is Cc1cccc(N2C(=O)C[C@@H](Sc3ncccc3C(=O)[O-])C2=O)c1. The summed E-state index contributed by atoms with van der Waals surface area (Å²) in [6.45, 7) is 1.88. The summed E-state index contributed by atoms with van der Waals surface area (Å²) in [5.74, 6) is -2.04. The lowest BCUT2D eigenvalue weighted by Gasteiger charge is -2.16. The molecule has 0 spiro atoms. The Morgan fingerprint density at radius 3 is 2.79 bits per heavy atom. The third kappa shape index (κ3) is 3.03. The van der Waals surface area contributed by atoms with Gasteiger partial charge in [-0.3, -0.25) is 9.59 Å². The fourth-order valence-corrected chi connectivity index (χ4v) is 3.61. The number of thioether (sulfide) groups is 1. The first-order valence-corrected chi connectivity index (χ1v) is 8.12. The number of carboxylic acid groups (broad SMARTS) is 1. The quantitative estimate of drug-likeness (QED) is 0.776. The number of carbonyl (C=O) groups excluding carboxylic acids is 3. The minimum absolute atomic E-state index is 0.000500. The number of nitrogens with zero attached hydrogens (tertiary/aromatic N) is 2. The maximum atomic E-state index is 12.6. The fraction of sp³-hybridized carbons (Fsp3) is 0.176. The first-order chi connectivity index (χ1) is 11.5. The van der Waals surface area contributed by atoms with Crippen LogP contribution in [0.3, 0.4) is 0 Å². The van der Waals surface area contributed by atoms with Gasteiger partial charge in [0.2, 0.25) is 11.8 Å². The zero-order chi connectivity index (χ0) is 17.3. The number of carbonyl (C=O) groups is 3. The maximum absolute atomic E-state index is 12.6. The van der Waals surface area contributed by atoms with Crippen LogP contribution < -0.4 is 10.0 Å². The molecule has 0 radical (unpaired) electrons. The summed E-state index contributed by atoms with van der Waals surface area (Å²) < 4.78 is 0. The molecule has 0 bridgehead atoms. The lowest BCUT2D eigenvalue weighted by atomic mass is 10.2. The minimum atomic E-state index is -1.36. The Balaban J connectivity index is 1.86. The monoisotopic (exact) mass is 341 g/mol. The van der Waals surface area contributed by atoms with Crippen molar-refractivity contribution in [2.75, 3.05) is 4.90 Å². The fourth-order valence-electron chi connectivity index (χ4n) is 2.51. The van der Waals surface area contributed by atoms with Crippen molar-refractivity contribution in [3.8, 4) is 0 Å². The maximum Gasteiger partial charge on any atom is 0.247 e. The molecule has 2 aromatic rings. The van der Waals surface area contributed by atoms with E-state index < -0.39 is 11.2 Å². The van der Waals surface area contributed by atoms with E-state index in [1.807, 2.05) is 13.0 Å². The van der Waals surface area contributed by atoms with Gasteiger partial charge in [-0.2, -0.15) is 0 Å². The van der Waals surface area contributed by atoms with Gasteiger partial charge in [-0.25, -0.2) is 9.88 Å². The molecule has 2 amide bonds. The van der Waals surface area contributed by atoms with Crippen molar-refractivity contribution in [1.29, 1.82) is 0 Å². The van der Waals surface area contributed by atoms with E-state index in [1.54, 1.807) is 18.2 Å². The van der Waals surface area contributed by atoms with Crippen LogP contribution in [0, 0.1) is 6.92 Å². The van der Waals surface area contributed by atoms with E-state index in [0.717, 1.165) is 22.2 Å². The largest absolute Gasteiger partial charge is 0.545 e. The van der Waals surface area contributed by atoms with Crippen LogP contribution >= 0.6 is 11.8 Å². The van der Waals surface area contributed by atoms with Crippen LogP contribution in [-0.2, 0) is 9.59 Å². The number of aromatic nitrogens is 1. The first-order valence-electron chi connectivity index (χ1n) is 7.24. The number of hydrogen-bond acceptors (Lipinski definition) is 6. The average molecular weight is 341 g/mol. The molecule has 0 saturated carbocycles. The summed E-state index contributed by atoms with van der Waals surface area (Å²) >= 11 is 0.977. The van der Waals surface area contributed by atoms with E-state index in [0.29, 0.717) is 5.69 Å². The van der Waals surface area contributed by atoms with E-state index >= 15 is 0 Å². The normalized spacial score (nSPS) is 17.4. The molecule has 122 valence electrons. The van der Waals surface area contributed by atoms with Crippen LogP contribution in [0.1, 0.15) is 22.3 Å². The number of pyridine rings is 1. The second kappa shape index (κ2) is 6.45. The number of hydrogen-bond donors (Lipinski definition) is 0. The molecule has 24 heavy (non-hydrogen) atoms. The molecular weight excluding hydrogens is 328 g/mol. The highest BCUT2D eigenvalue weighted by Crippen LogP contribution is 2.34. The van der Waals surface area contributed by atoms with E-state index in [-0.39, 0.29) is 28.8 Å². The molecule has 7 heteroatoms. The van der Waals surface area contributed by atoms with Crippen molar-refractivity contribution < 1.29 is 19.5 Å². The lowest BCUT2D eigenvalue weighted by molar-refractivity contribution is -0.255. The number of aromatic carboxylic acids is 1. The third-order valence-electron chi connectivity index (χ3n) is 3.61. The molecule has 1 fully saturated rings. The van der Waals surface area contributed by atoms with Gasteiger partial charge in [-0.15, -0.1) is 0 Å². The second-order valence-corrected chi connectivity index (χ2v) is 6.55. The summed E-state index contributed by atoms with van der Waals surface area (Å²) in [6.07, 6.45) is 1.44. The smallest absolute Gasteiger partial charge is 0.247 e. The van der Waals surface area contributed by atoms with Gasteiger partial charge >= 0.3 is 0 Å². The Bertz CT molecular complexity index is 837. The molecule has 1 saturated heterocycles. The molecule has 1 aliphatic heterocycles. The number of imide groups is 1. The molecule has 2 heterocycles. The highest BCUT2D eigenvalue weighted by molar-refractivity contribution is 8.00. The van der Waals surface area contributed by atoms with Gasteiger partial charge in [0.1, 0.15) is 5.03 Å². The van der Waals surface area contributed by atoms with Crippen molar-refractivity contribution in [3.63, 3.8) is 0 Å². The van der Waals surface area contributed by atoms with Crippen LogP contribution in [0.5, 0.6) is 0 Å². The average Bonchev–Trinajstić information content (AvgIpc) is 2.81. The van der Waals surface area contributed by atoms with E-state index in [4.69, 9.17) is 0 Å². The summed E-state index contributed by atoms with van der Waals surface area (Å²) in [6, 6.07) is 9.96. The van der Waals surface area contributed by atoms with Crippen molar-refractivity contribution >= 4 is 35.2 Å². The van der Waals surface area contributed by atoms with Gasteiger partial charge in [0.25, 0.3) is 0 Å². The summed E-state index contributed by atoms with van der Waals surface area (Å²) in [5.41, 5.74) is 1.37. The van der Waals surface area contributed by atoms with Crippen molar-refractivity contribution in [2.24, 2.45) is 0 Å². The molecule has 1 aromatic carbocycles. The summed E-state index contributed by atoms with van der Waals surface area (Å²) in [7, 11) is 0. The highest BCUT2D eigenvalue weighted by atomic mass is 32.2. The molecular formula is C17H13N2O4S-. The molecule has 0 unspecified atom stereocenters. The summed E-state index contributed by atoms with van der Waals surface area (Å²) in [5, 5.41) is 10.6. The van der Waals surface area contributed by atoms with Crippen molar-refractivity contribution in [1.82, 2.24) is 4.98 Å². The Morgan fingerprint density at radius 1 is 1.29 bits per heavy atom. The topological polar surface area (TPSA) is 90.4 Å². The predicted molar refractivity (Wildman–Crippen MR) is 86.5 cm³/mol. The van der Waals surface area contributed by atoms with E-state index in [2.05, 4.69) is 4.98 Å². The van der Waals surface area contributed by atoms with Gasteiger partial charge < -0.3 is 9.90 Å². The predicted octanol–water partition coefficient (Wildman–Crippen LogP) is 1.18. The Kier molecular flexibility index (Phi) is 4.35. The van der Waals surface area contributed by atoms with Crippen molar-refractivity contribution in [2.45, 2.75) is 23.6 Å². The summed E-state index contributed by atoms with van der Waals surface area (Å²) in [4.78, 5) is 41.1. The molecule has 6 nitrogen and oxygen atoms in total. The molecule has 3 rings (SSSR count). The second-order valence-electron chi connectivity index (χ2n) is 5.36. The van der Waals surface area contributed by atoms with Gasteiger partial charge in [-0.1, -0.05) is 23.9 Å². The number of anilines is 1. The minimum Gasteiger partial charge on any atom is -0.545 e. The molecule has 1 atom stereocenters. The number of benzene rings is 1. The number of rotatable bonds is 4. The van der Waals surface area contributed by atoms with Gasteiger partial charge in [0.15, 0.2) is 0 Å². The van der Waals surface area contributed by atoms with Gasteiger partial charge in [0, 0.05) is 18.2 Å². The van der Waals surface area contributed by atoms with Gasteiger partial charge in [0.05, 0.1) is 16.9 Å². The van der Waals surface area contributed by atoms with Crippen LogP contribution in [-0.4, -0.2) is 28.0 Å². The van der Waals surface area contributed by atoms with Crippen molar-refractivity contribution in [3.05, 3.63) is 53.7 Å².